The van der Waals surface area contributed by atoms with E-state index in [1.54, 1.807) is 0 Å². The molecule has 0 aliphatic carbocycles. The van der Waals surface area contributed by atoms with Gasteiger partial charge in [-0.25, -0.2) is 4.98 Å². The molecule has 0 spiro atoms. The number of thiazole rings is 1. The summed E-state index contributed by atoms with van der Waals surface area (Å²) in [7, 11) is 0. The first-order valence-corrected chi connectivity index (χ1v) is 8.61. The minimum atomic E-state index is 0.0552. The van der Waals surface area contributed by atoms with Gasteiger partial charge in [-0.3, -0.25) is 4.79 Å². The lowest BCUT2D eigenvalue weighted by molar-refractivity contribution is -0.120. The van der Waals surface area contributed by atoms with E-state index in [9.17, 15) is 4.79 Å². The molecule has 116 valence electrons. The molecule has 1 saturated heterocycles. The van der Waals surface area contributed by atoms with Crippen molar-refractivity contribution in [3.05, 3.63) is 40.4 Å². The second-order valence-electron chi connectivity index (χ2n) is 5.52. The van der Waals surface area contributed by atoms with Crippen molar-refractivity contribution in [1.82, 2.24) is 4.98 Å². The van der Waals surface area contributed by atoms with E-state index in [2.05, 4.69) is 21.3 Å². The number of hydrogen-bond acceptors (Lipinski definition) is 4. The molecule has 4 nitrogen and oxygen atoms in total. The van der Waals surface area contributed by atoms with Crippen LogP contribution in [0.1, 0.15) is 18.5 Å². The number of carbonyl (C=O) groups excluding carboxylic acids is 1. The Balaban J connectivity index is 1.56. The molecule has 2 heterocycles. The van der Waals surface area contributed by atoms with Gasteiger partial charge in [0, 0.05) is 35.1 Å². The monoisotopic (exact) mass is 335 g/mol. The predicted molar refractivity (Wildman–Crippen MR) is 91.9 cm³/mol. The van der Waals surface area contributed by atoms with Crippen molar-refractivity contribution >= 4 is 39.7 Å². The van der Waals surface area contributed by atoms with Crippen molar-refractivity contribution in [2.24, 2.45) is 5.92 Å². The zero-order chi connectivity index (χ0) is 15.5. The second-order valence-corrected chi connectivity index (χ2v) is 6.82. The fraction of sp³-hybridized carbons (Fsp3) is 0.375. The van der Waals surface area contributed by atoms with Crippen LogP contribution in [-0.4, -0.2) is 24.0 Å². The molecule has 1 aliphatic rings. The van der Waals surface area contributed by atoms with Gasteiger partial charge in [0.25, 0.3) is 0 Å². The van der Waals surface area contributed by atoms with Crippen molar-refractivity contribution < 1.29 is 4.79 Å². The van der Waals surface area contributed by atoms with Crippen LogP contribution in [-0.2, 0) is 4.79 Å². The normalized spacial score (nSPS) is 15.8. The van der Waals surface area contributed by atoms with Crippen LogP contribution < -0.4 is 10.2 Å². The molecule has 2 aromatic rings. The maximum atomic E-state index is 12.3. The first kappa shape index (κ1) is 15.3. The number of halogens is 1. The highest BCUT2D eigenvalue weighted by atomic mass is 35.5. The molecule has 22 heavy (non-hydrogen) atoms. The quantitative estimate of drug-likeness (QED) is 0.923. The number of aromatic nitrogens is 1. The summed E-state index contributed by atoms with van der Waals surface area (Å²) in [6.45, 7) is 3.67. The molecule has 1 aromatic carbocycles. The number of amides is 1. The van der Waals surface area contributed by atoms with E-state index < -0.39 is 0 Å². The van der Waals surface area contributed by atoms with E-state index in [1.807, 2.05) is 30.5 Å². The van der Waals surface area contributed by atoms with Crippen LogP contribution in [0.15, 0.2) is 29.6 Å². The smallest absolute Gasteiger partial charge is 0.229 e. The van der Waals surface area contributed by atoms with E-state index in [0.717, 1.165) is 42.3 Å². The first-order chi connectivity index (χ1) is 10.6. The number of benzene rings is 1. The highest BCUT2D eigenvalue weighted by Gasteiger charge is 2.25. The van der Waals surface area contributed by atoms with Crippen molar-refractivity contribution in [3.63, 3.8) is 0 Å². The lowest BCUT2D eigenvalue weighted by Gasteiger charge is -2.32. The lowest BCUT2D eigenvalue weighted by Crippen LogP contribution is -2.38. The van der Waals surface area contributed by atoms with Gasteiger partial charge in [0.1, 0.15) is 0 Å². The summed E-state index contributed by atoms with van der Waals surface area (Å²) < 4.78 is 0. The summed E-state index contributed by atoms with van der Waals surface area (Å²) in [5.41, 5.74) is 2.07. The maximum Gasteiger partial charge on any atom is 0.229 e. The zero-order valence-electron chi connectivity index (χ0n) is 12.4. The van der Waals surface area contributed by atoms with E-state index in [0.29, 0.717) is 5.13 Å². The topological polar surface area (TPSA) is 45.2 Å². The number of nitrogens with one attached hydrogen (secondary N) is 1. The molecule has 1 amide bonds. The molecule has 1 aromatic heterocycles. The van der Waals surface area contributed by atoms with E-state index >= 15 is 0 Å². The summed E-state index contributed by atoms with van der Waals surface area (Å²) in [6, 6.07) is 7.87. The predicted octanol–water partition coefficient (Wildman–Crippen LogP) is 3.96. The Bertz CT molecular complexity index is 665. The first-order valence-electron chi connectivity index (χ1n) is 7.35. The number of anilines is 2. The van der Waals surface area contributed by atoms with Gasteiger partial charge in [-0.15, -0.1) is 11.3 Å². The van der Waals surface area contributed by atoms with Crippen molar-refractivity contribution in [2.75, 3.05) is 23.3 Å². The summed E-state index contributed by atoms with van der Waals surface area (Å²) >= 11 is 7.51. The molecular weight excluding hydrogens is 318 g/mol. The highest BCUT2D eigenvalue weighted by molar-refractivity contribution is 7.13. The van der Waals surface area contributed by atoms with Gasteiger partial charge in [0.15, 0.2) is 5.13 Å². The van der Waals surface area contributed by atoms with Gasteiger partial charge in [-0.1, -0.05) is 17.7 Å². The van der Waals surface area contributed by atoms with Gasteiger partial charge < -0.3 is 10.2 Å². The molecule has 0 unspecified atom stereocenters. The van der Waals surface area contributed by atoms with Crippen LogP contribution in [0, 0.1) is 12.8 Å². The third-order valence-corrected chi connectivity index (χ3v) is 5.00. The summed E-state index contributed by atoms with van der Waals surface area (Å²) in [4.78, 5) is 18.9. The second kappa shape index (κ2) is 6.67. The summed E-state index contributed by atoms with van der Waals surface area (Å²) in [5.74, 6) is 0.139. The maximum absolute atomic E-state index is 12.3. The fourth-order valence-electron chi connectivity index (χ4n) is 2.69. The molecule has 3 rings (SSSR count). The van der Waals surface area contributed by atoms with E-state index in [-0.39, 0.29) is 11.8 Å². The van der Waals surface area contributed by atoms with E-state index in [1.165, 1.54) is 11.3 Å². The standard InChI is InChI=1S/C16H18ClN3OS/c1-11-10-22-16(18-11)19-15(21)12-5-7-20(8-6-12)14-4-2-3-13(17)9-14/h2-4,9-10,12H,5-8H2,1H3,(H,18,19,21). The molecule has 1 N–H and O–H groups in total. The minimum absolute atomic E-state index is 0.0552. The molecule has 0 radical (unpaired) electrons. The Morgan fingerprint density at radius 1 is 1.41 bits per heavy atom. The molecule has 1 fully saturated rings. The average Bonchev–Trinajstić information content (AvgIpc) is 2.92. The largest absolute Gasteiger partial charge is 0.371 e. The Kier molecular flexibility index (Phi) is 4.64. The molecule has 1 aliphatic heterocycles. The number of rotatable bonds is 3. The zero-order valence-corrected chi connectivity index (χ0v) is 14.0. The Labute approximate surface area is 139 Å². The third kappa shape index (κ3) is 3.59. The molecule has 6 heteroatoms. The van der Waals surface area contributed by atoms with Crippen molar-refractivity contribution in [3.8, 4) is 0 Å². The highest BCUT2D eigenvalue weighted by Crippen LogP contribution is 2.26. The minimum Gasteiger partial charge on any atom is -0.371 e. The van der Waals surface area contributed by atoms with Gasteiger partial charge in [-0.2, -0.15) is 0 Å². The average molecular weight is 336 g/mol. The lowest BCUT2D eigenvalue weighted by atomic mass is 9.95. The number of piperidine rings is 1. The fourth-order valence-corrected chi connectivity index (χ4v) is 3.57. The Morgan fingerprint density at radius 3 is 2.82 bits per heavy atom. The van der Waals surface area contributed by atoms with Gasteiger partial charge in [-0.05, 0) is 38.0 Å². The SMILES string of the molecule is Cc1csc(NC(=O)C2CCN(c3cccc(Cl)c3)CC2)n1. The van der Waals surface area contributed by atoms with Crippen LogP contribution in [0.2, 0.25) is 5.02 Å². The molecule has 0 bridgehead atoms. The summed E-state index contributed by atoms with van der Waals surface area (Å²) in [6.07, 6.45) is 1.70. The molecular formula is C16H18ClN3OS. The number of aryl methyl sites for hydroxylation is 1. The summed E-state index contributed by atoms with van der Waals surface area (Å²) in [5, 5.41) is 6.31. The Hall–Kier alpha value is -1.59. The Morgan fingerprint density at radius 2 is 2.18 bits per heavy atom. The number of carbonyl (C=O) groups is 1. The van der Waals surface area contributed by atoms with Crippen molar-refractivity contribution in [2.45, 2.75) is 19.8 Å². The van der Waals surface area contributed by atoms with Gasteiger partial charge in [0.2, 0.25) is 5.91 Å². The number of hydrogen-bond donors (Lipinski definition) is 1. The third-order valence-electron chi connectivity index (χ3n) is 3.89. The molecule has 0 atom stereocenters. The van der Waals surface area contributed by atoms with Crippen LogP contribution >= 0.6 is 22.9 Å². The van der Waals surface area contributed by atoms with Crippen LogP contribution in [0.3, 0.4) is 0 Å². The van der Waals surface area contributed by atoms with Crippen LogP contribution in [0.5, 0.6) is 0 Å². The van der Waals surface area contributed by atoms with Crippen LogP contribution in [0.25, 0.3) is 0 Å². The number of nitrogens with zero attached hydrogens (tertiary/aromatic N) is 2. The van der Waals surface area contributed by atoms with Gasteiger partial charge >= 0.3 is 0 Å². The van der Waals surface area contributed by atoms with Crippen LogP contribution in [0.4, 0.5) is 10.8 Å². The molecule has 0 saturated carbocycles. The van der Waals surface area contributed by atoms with Crippen molar-refractivity contribution in [1.29, 1.82) is 0 Å². The van der Waals surface area contributed by atoms with E-state index in [4.69, 9.17) is 11.6 Å². The van der Waals surface area contributed by atoms with Gasteiger partial charge in [0.05, 0.1) is 5.69 Å².